The smallest absolute Gasteiger partial charge is 0.256 e. The van der Waals surface area contributed by atoms with Gasteiger partial charge in [0.05, 0.1) is 18.2 Å². The van der Waals surface area contributed by atoms with Gasteiger partial charge in [-0.1, -0.05) is 62.7 Å². The Kier molecular flexibility index (Phi) is 8.04. The van der Waals surface area contributed by atoms with Crippen molar-refractivity contribution in [3.63, 3.8) is 0 Å². The highest BCUT2D eigenvalue weighted by Crippen LogP contribution is 2.29. The van der Waals surface area contributed by atoms with Crippen molar-refractivity contribution in [2.24, 2.45) is 5.92 Å². The maximum absolute atomic E-state index is 12.9. The third kappa shape index (κ3) is 6.31. The van der Waals surface area contributed by atoms with E-state index in [4.69, 9.17) is 4.74 Å². The molecule has 0 bridgehead atoms. The summed E-state index contributed by atoms with van der Waals surface area (Å²) in [5.41, 5.74) is -1.74. The van der Waals surface area contributed by atoms with Crippen molar-refractivity contribution in [2.75, 3.05) is 6.61 Å². The van der Waals surface area contributed by atoms with Crippen molar-refractivity contribution in [3.8, 4) is 5.75 Å². The van der Waals surface area contributed by atoms with Crippen LogP contribution in [0.15, 0.2) is 54.6 Å². The van der Waals surface area contributed by atoms with Crippen molar-refractivity contribution >= 4 is 5.91 Å². The first-order valence-electron chi connectivity index (χ1n) is 10.6. The molecular weight excluding hydrogens is 378 g/mol. The van der Waals surface area contributed by atoms with Crippen LogP contribution in [0.5, 0.6) is 5.75 Å². The molecule has 0 aliphatic heterocycles. The summed E-state index contributed by atoms with van der Waals surface area (Å²) in [7, 11) is 0. The number of amides is 1. The zero-order valence-electron chi connectivity index (χ0n) is 18.7. The zero-order valence-corrected chi connectivity index (χ0v) is 18.7. The summed E-state index contributed by atoms with van der Waals surface area (Å²) in [5.74, 6) is 0.659. The molecule has 3 N–H and O–H groups in total. The molecule has 0 saturated heterocycles. The molecule has 3 atom stereocenters. The lowest BCUT2D eigenvalue weighted by Crippen LogP contribution is -2.49. The van der Waals surface area contributed by atoms with Crippen molar-refractivity contribution in [1.29, 1.82) is 0 Å². The molecule has 5 nitrogen and oxygen atoms in total. The average molecular weight is 414 g/mol. The van der Waals surface area contributed by atoms with E-state index in [0.717, 1.165) is 24.2 Å². The van der Waals surface area contributed by atoms with Crippen LogP contribution in [0.4, 0.5) is 0 Å². The van der Waals surface area contributed by atoms with Crippen LogP contribution in [0.1, 0.15) is 64.6 Å². The van der Waals surface area contributed by atoms with Gasteiger partial charge in [0.2, 0.25) is 0 Å². The van der Waals surface area contributed by atoms with Gasteiger partial charge in [-0.15, -0.1) is 0 Å². The normalized spacial score (nSPS) is 15.7. The molecule has 2 aromatic rings. The van der Waals surface area contributed by atoms with E-state index >= 15 is 0 Å². The van der Waals surface area contributed by atoms with Crippen LogP contribution < -0.4 is 10.1 Å². The van der Waals surface area contributed by atoms with Gasteiger partial charge in [0.15, 0.2) is 5.60 Å². The van der Waals surface area contributed by atoms with E-state index in [1.54, 1.807) is 38.1 Å². The number of carbonyl (C=O) groups excluding carboxylic acids is 1. The Hall–Kier alpha value is -2.37. The highest BCUT2D eigenvalue weighted by Gasteiger charge is 2.37. The first-order valence-corrected chi connectivity index (χ1v) is 10.6. The predicted molar refractivity (Wildman–Crippen MR) is 119 cm³/mol. The molecule has 0 saturated carbocycles. The van der Waals surface area contributed by atoms with Crippen LogP contribution in [0.25, 0.3) is 0 Å². The Balaban J connectivity index is 2.15. The molecule has 0 aromatic heterocycles. The van der Waals surface area contributed by atoms with Crippen molar-refractivity contribution in [2.45, 2.75) is 64.7 Å². The molecule has 2 rings (SSSR count). The first kappa shape index (κ1) is 23.9. The van der Waals surface area contributed by atoms with E-state index in [-0.39, 0.29) is 0 Å². The lowest BCUT2D eigenvalue weighted by atomic mass is 9.89. The first-order chi connectivity index (χ1) is 14.1. The Bertz CT molecular complexity index is 794. The minimum Gasteiger partial charge on any atom is -0.493 e. The van der Waals surface area contributed by atoms with Gasteiger partial charge in [0, 0.05) is 0 Å². The van der Waals surface area contributed by atoms with Crippen LogP contribution >= 0.6 is 0 Å². The molecule has 2 aromatic carbocycles. The number of hydrogen-bond donors (Lipinski definition) is 3. The molecular formula is C25H35NO4. The predicted octanol–water partition coefficient (Wildman–Crippen LogP) is 4.34. The molecule has 0 radical (unpaired) electrons. The van der Waals surface area contributed by atoms with E-state index < -0.39 is 23.2 Å². The van der Waals surface area contributed by atoms with Crippen LogP contribution in [0, 0.1) is 5.92 Å². The molecule has 0 aliphatic rings. The SMILES string of the molecule is CCCC(C)COc1ccc([C@@H](NC(=O)[C@](C)(O)c2ccccc2)C(C)(C)O)cc1. The quantitative estimate of drug-likeness (QED) is 0.541. The van der Waals surface area contributed by atoms with E-state index in [9.17, 15) is 15.0 Å². The van der Waals surface area contributed by atoms with Gasteiger partial charge in [0.1, 0.15) is 5.75 Å². The topological polar surface area (TPSA) is 78.8 Å². The van der Waals surface area contributed by atoms with Gasteiger partial charge in [-0.05, 0) is 56.4 Å². The van der Waals surface area contributed by atoms with E-state index in [1.165, 1.54) is 6.92 Å². The number of benzene rings is 2. The zero-order chi connectivity index (χ0) is 22.4. The second-order valence-electron chi connectivity index (χ2n) is 8.77. The fraction of sp³-hybridized carbons (Fsp3) is 0.480. The molecule has 5 heteroatoms. The second-order valence-corrected chi connectivity index (χ2v) is 8.77. The lowest BCUT2D eigenvalue weighted by Gasteiger charge is -2.33. The highest BCUT2D eigenvalue weighted by molar-refractivity contribution is 5.86. The average Bonchev–Trinajstić information content (AvgIpc) is 2.71. The second kappa shape index (κ2) is 10.1. The lowest BCUT2D eigenvalue weighted by molar-refractivity contribution is -0.141. The van der Waals surface area contributed by atoms with Gasteiger partial charge < -0.3 is 20.3 Å². The summed E-state index contributed by atoms with van der Waals surface area (Å²) < 4.78 is 5.84. The third-order valence-electron chi connectivity index (χ3n) is 5.29. The van der Waals surface area contributed by atoms with Crippen LogP contribution in [-0.2, 0) is 10.4 Å². The number of ether oxygens (including phenoxy) is 1. The third-order valence-corrected chi connectivity index (χ3v) is 5.29. The van der Waals surface area contributed by atoms with Crippen LogP contribution in [0.2, 0.25) is 0 Å². The van der Waals surface area contributed by atoms with E-state index in [0.29, 0.717) is 18.1 Å². The summed E-state index contributed by atoms with van der Waals surface area (Å²) in [6, 6.07) is 15.4. The van der Waals surface area contributed by atoms with Crippen molar-refractivity contribution in [1.82, 2.24) is 5.32 Å². The molecule has 1 unspecified atom stereocenters. The molecule has 0 heterocycles. The summed E-state index contributed by atoms with van der Waals surface area (Å²) in [4.78, 5) is 12.9. The molecule has 0 fully saturated rings. The minimum absolute atomic E-state index is 0.485. The molecule has 0 spiro atoms. The minimum atomic E-state index is -1.72. The van der Waals surface area contributed by atoms with Crippen molar-refractivity contribution < 1.29 is 19.7 Å². The van der Waals surface area contributed by atoms with Crippen LogP contribution in [0.3, 0.4) is 0 Å². The number of carbonyl (C=O) groups is 1. The van der Waals surface area contributed by atoms with Gasteiger partial charge >= 0.3 is 0 Å². The number of nitrogens with one attached hydrogen (secondary N) is 1. The van der Waals surface area contributed by atoms with E-state index in [1.807, 2.05) is 30.3 Å². The fourth-order valence-corrected chi connectivity index (χ4v) is 3.40. The maximum Gasteiger partial charge on any atom is 0.256 e. The molecule has 0 aliphatic carbocycles. The highest BCUT2D eigenvalue weighted by atomic mass is 16.5. The Morgan fingerprint density at radius 2 is 1.63 bits per heavy atom. The summed E-state index contributed by atoms with van der Waals surface area (Å²) >= 11 is 0. The van der Waals surface area contributed by atoms with Gasteiger partial charge in [-0.2, -0.15) is 0 Å². The standard InChI is InChI=1S/C25H35NO4/c1-6-10-18(2)17-30-21-15-13-19(14-16-21)22(24(3,4)28)26-23(27)25(5,29)20-11-8-7-9-12-20/h7-9,11-16,18,22,28-29H,6,10,17H2,1-5H3,(H,26,27)/t18?,22-,25-/m1/s1. The summed E-state index contributed by atoms with van der Waals surface area (Å²) in [5, 5.41) is 24.3. The molecule has 30 heavy (non-hydrogen) atoms. The molecule has 164 valence electrons. The largest absolute Gasteiger partial charge is 0.493 e. The number of rotatable bonds is 10. The Morgan fingerprint density at radius 3 is 2.17 bits per heavy atom. The number of aliphatic hydroxyl groups is 2. The number of hydrogen-bond acceptors (Lipinski definition) is 4. The summed E-state index contributed by atoms with van der Waals surface area (Å²) in [6.07, 6.45) is 2.25. The fourth-order valence-electron chi connectivity index (χ4n) is 3.40. The van der Waals surface area contributed by atoms with Crippen molar-refractivity contribution in [3.05, 3.63) is 65.7 Å². The van der Waals surface area contributed by atoms with Gasteiger partial charge in [-0.25, -0.2) is 0 Å². The van der Waals surface area contributed by atoms with Gasteiger partial charge in [-0.3, -0.25) is 4.79 Å². The Morgan fingerprint density at radius 1 is 1.03 bits per heavy atom. The summed E-state index contributed by atoms with van der Waals surface area (Å²) in [6.45, 7) is 9.69. The van der Waals surface area contributed by atoms with Crippen LogP contribution in [-0.4, -0.2) is 28.3 Å². The maximum atomic E-state index is 12.9. The monoisotopic (exact) mass is 413 g/mol. The molecule has 1 amide bonds. The van der Waals surface area contributed by atoms with Gasteiger partial charge in [0.25, 0.3) is 5.91 Å². The van der Waals surface area contributed by atoms with E-state index in [2.05, 4.69) is 19.2 Å². The Labute approximate surface area is 180 Å².